The Morgan fingerprint density at radius 1 is 1.21 bits per heavy atom. The number of aromatic nitrogens is 2. The first-order valence-corrected chi connectivity index (χ1v) is 5.71. The maximum atomic E-state index is 13.5. The summed E-state index contributed by atoms with van der Waals surface area (Å²) in [5.41, 5.74) is 6.49. The number of aliphatic hydroxyl groups is 1. The molecular formula is C13H13F2N3O. The summed E-state index contributed by atoms with van der Waals surface area (Å²) in [6, 6.07) is 2.45. The van der Waals surface area contributed by atoms with Gasteiger partial charge in [-0.15, -0.1) is 0 Å². The summed E-state index contributed by atoms with van der Waals surface area (Å²) < 4.78 is 26.3. The van der Waals surface area contributed by atoms with E-state index in [2.05, 4.69) is 9.97 Å². The largest absolute Gasteiger partial charge is 0.388 e. The van der Waals surface area contributed by atoms with E-state index in [9.17, 15) is 13.9 Å². The minimum Gasteiger partial charge on any atom is -0.388 e. The third kappa shape index (κ3) is 3.30. The minimum absolute atomic E-state index is 0.0932. The van der Waals surface area contributed by atoms with Crippen molar-refractivity contribution in [3.63, 3.8) is 0 Å². The van der Waals surface area contributed by atoms with Gasteiger partial charge in [0.25, 0.3) is 0 Å². The molecule has 0 amide bonds. The smallest absolute Gasteiger partial charge is 0.130 e. The number of nitrogens with two attached hydrogens (primary N) is 1. The van der Waals surface area contributed by atoms with Crippen LogP contribution in [0, 0.1) is 11.6 Å². The molecule has 2 atom stereocenters. The van der Waals surface area contributed by atoms with E-state index in [1.165, 1.54) is 24.8 Å². The molecule has 4 nitrogen and oxygen atoms in total. The molecular weight excluding hydrogens is 252 g/mol. The number of hydrogen-bond acceptors (Lipinski definition) is 4. The van der Waals surface area contributed by atoms with Crippen molar-refractivity contribution in [2.24, 2.45) is 5.73 Å². The summed E-state index contributed by atoms with van der Waals surface area (Å²) in [5.74, 6) is -1.38. The third-order valence-electron chi connectivity index (χ3n) is 2.80. The summed E-state index contributed by atoms with van der Waals surface area (Å²) in [6.07, 6.45) is 3.46. The fraction of sp³-hybridized carbons (Fsp3) is 0.231. The molecule has 0 saturated heterocycles. The predicted octanol–water partition coefficient (Wildman–Crippen LogP) is 1.88. The Kier molecular flexibility index (Phi) is 4.13. The molecule has 0 spiro atoms. The molecule has 0 aliphatic rings. The second-order valence-corrected chi connectivity index (χ2v) is 4.20. The number of benzene rings is 1. The van der Waals surface area contributed by atoms with Crippen LogP contribution in [0.3, 0.4) is 0 Å². The van der Waals surface area contributed by atoms with Gasteiger partial charge in [-0.3, -0.25) is 0 Å². The molecule has 0 aliphatic carbocycles. The van der Waals surface area contributed by atoms with E-state index in [1.807, 2.05) is 0 Å². The van der Waals surface area contributed by atoms with Gasteiger partial charge in [0.1, 0.15) is 18.0 Å². The summed E-state index contributed by atoms with van der Waals surface area (Å²) in [7, 11) is 0. The van der Waals surface area contributed by atoms with Crippen LogP contribution in [0.1, 0.15) is 29.7 Å². The van der Waals surface area contributed by atoms with Crippen molar-refractivity contribution in [2.45, 2.75) is 18.6 Å². The van der Waals surface area contributed by atoms with Gasteiger partial charge in [-0.05, 0) is 12.5 Å². The van der Waals surface area contributed by atoms with E-state index in [4.69, 9.17) is 5.73 Å². The zero-order chi connectivity index (χ0) is 13.8. The fourth-order valence-corrected chi connectivity index (χ4v) is 1.79. The Balaban J connectivity index is 2.10. The first-order valence-electron chi connectivity index (χ1n) is 5.71. The van der Waals surface area contributed by atoms with E-state index in [-0.39, 0.29) is 12.0 Å². The van der Waals surface area contributed by atoms with Gasteiger partial charge in [0.15, 0.2) is 0 Å². The summed E-state index contributed by atoms with van der Waals surface area (Å²) in [6.45, 7) is 0. The van der Waals surface area contributed by atoms with E-state index in [0.717, 1.165) is 12.1 Å². The van der Waals surface area contributed by atoms with Crippen molar-refractivity contribution < 1.29 is 13.9 Å². The fourth-order valence-electron chi connectivity index (χ4n) is 1.79. The van der Waals surface area contributed by atoms with E-state index < -0.39 is 23.8 Å². The lowest BCUT2D eigenvalue weighted by atomic mass is 9.98. The lowest BCUT2D eigenvalue weighted by Crippen LogP contribution is -2.16. The Morgan fingerprint density at radius 2 is 1.89 bits per heavy atom. The number of halogens is 2. The first kappa shape index (κ1) is 13.5. The van der Waals surface area contributed by atoms with E-state index in [1.54, 1.807) is 0 Å². The first-order chi connectivity index (χ1) is 9.08. The highest BCUT2D eigenvalue weighted by atomic mass is 19.1. The van der Waals surface area contributed by atoms with Gasteiger partial charge in [-0.2, -0.15) is 0 Å². The predicted molar refractivity (Wildman–Crippen MR) is 64.9 cm³/mol. The average molecular weight is 265 g/mol. The number of hydrogen-bond donors (Lipinski definition) is 2. The molecule has 0 fully saturated rings. The van der Waals surface area contributed by atoms with Gasteiger partial charge in [-0.25, -0.2) is 18.7 Å². The summed E-state index contributed by atoms with van der Waals surface area (Å²) in [4.78, 5) is 7.56. The molecule has 2 unspecified atom stereocenters. The highest BCUT2D eigenvalue weighted by molar-refractivity contribution is 5.22. The van der Waals surface area contributed by atoms with Gasteiger partial charge in [0.2, 0.25) is 0 Å². The van der Waals surface area contributed by atoms with Crippen LogP contribution in [0.4, 0.5) is 8.78 Å². The van der Waals surface area contributed by atoms with Gasteiger partial charge < -0.3 is 10.8 Å². The van der Waals surface area contributed by atoms with Gasteiger partial charge in [-0.1, -0.05) is 6.07 Å². The van der Waals surface area contributed by atoms with Crippen molar-refractivity contribution >= 4 is 0 Å². The van der Waals surface area contributed by atoms with Gasteiger partial charge in [0, 0.05) is 35.6 Å². The van der Waals surface area contributed by atoms with Crippen LogP contribution in [-0.4, -0.2) is 15.1 Å². The average Bonchev–Trinajstić information content (AvgIpc) is 2.39. The molecule has 1 aromatic heterocycles. The van der Waals surface area contributed by atoms with Crippen LogP contribution in [0.2, 0.25) is 0 Å². The van der Waals surface area contributed by atoms with Crippen LogP contribution in [0.25, 0.3) is 0 Å². The molecule has 3 N–H and O–H groups in total. The number of aliphatic hydroxyl groups excluding tert-OH is 1. The normalized spacial score (nSPS) is 14.1. The molecule has 0 aliphatic heterocycles. The monoisotopic (exact) mass is 265 g/mol. The number of nitrogens with zero attached hydrogens (tertiary/aromatic N) is 2. The highest BCUT2D eigenvalue weighted by Gasteiger charge is 2.18. The second kappa shape index (κ2) is 5.81. The Bertz CT molecular complexity index is 551. The molecule has 19 heavy (non-hydrogen) atoms. The summed E-state index contributed by atoms with van der Waals surface area (Å²) >= 11 is 0. The molecule has 100 valence electrons. The van der Waals surface area contributed by atoms with Crippen LogP contribution in [-0.2, 0) is 0 Å². The highest BCUT2D eigenvalue weighted by Crippen LogP contribution is 2.25. The maximum absolute atomic E-state index is 13.5. The standard InChI is InChI=1S/C13H13F2N3O/c14-9-1-2-10(11(15)3-9)12(16)4-13(19)8-5-17-7-18-6-8/h1-3,5-7,12-13,19H,4,16H2. The molecule has 1 aromatic carbocycles. The quantitative estimate of drug-likeness (QED) is 0.885. The Hall–Kier alpha value is -1.92. The van der Waals surface area contributed by atoms with Crippen molar-refractivity contribution in [1.82, 2.24) is 9.97 Å². The molecule has 0 saturated carbocycles. The topological polar surface area (TPSA) is 72.0 Å². The van der Waals surface area contributed by atoms with Crippen molar-refractivity contribution in [3.05, 3.63) is 59.7 Å². The lowest BCUT2D eigenvalue weighted by Gasteiger charge is -2.17. The maximum Gasteiger partial charge on any atom is 0.130 e. The second-order valence-electron chi connectivity index (χ2n) is 4.20. The molecule has 2 rings (SSSR count). The van der Waals surface area contributed by atoms with Crippen LogP contribution < -0.4 is 5.73 Å². The van der Waals surface area contributed by atoms with Crippen molar-refractivity contribution in [1.29, 1.82) is 0 Å². The molecule has 0 radical (unpaired) electrons. The van der Waals surface area contributed by atoms with Crippen molar-refractivity contribution in [2.75, 3.05) is 0 Å². The third-order valence-corrected chi connectivity index (χ3v) is 2.80. The van der Waals surface area contributed by atoms with Crippen LogP contribution >= 0.6 is 0 Å². The van der Waals surface area contributed by atoms with E-state index >= 15 is 0 Å². The molecule has 2 aromatic rings. The zero-order valence-corrected chi connectivity index (χ0v) is 10.0. The van der Waals surface area contributed by atoms with Crippen LogP contribution in [0.15, 0.2) is 36.9 Å². The van der Waals surface area contributed by atoms with Crippen molar-refractivity contribution in [3.8, 4) is 0 Å². The SMILES string of the molecule is NC(CC(O)c1cncnc1)c1ccc(F)cc1F. The molecule has 6 heteroatoms. The Labute approximate surface area is 108 Å². The molecule has 0 bridgehead atoms. The lowest BCUT2D eigenvalue weighted by molar-refractivity contribution is 0.156. The summed E-state index contributed by atoms with van der Waals surface area (Å²) in [5, 5.41) is 9.94. The van der Waals surface area contributed by atoms with Gasteiger partial charge >= 0.3 is 0 Å². The molecule has 1 heterocycles. The van der Waals surface area contributed by atoms with E-state index in [0.29, 0.717) is 5.56 Å². The minimum atomic E-state index is -0.902. The Morgan fingerprint density at radius 3 is 2.53 bits per heavy atom. The number of rotatable bonds is 4. The van der Waals surface area contributed by atoms with Gasteiger partial charge in [0.05, 0.1) is 6.10 Å². The van der Waals surface area contributed by atoms with Crippen LogP contribution in [0.5, 0.6) is 0 Å². The zero-order valence-electron chi connectivity index (χ0n) is 10.0.